The molecule has 1 amide bonds. The first kappa shape index (κ1) is 14.1. The summed E-state index contributed by atoms with van der Waals surface area (Å²) in [6, 6.07) is 9.53. The first-order valence-electron chi connectivity index (χ1n) is 6.11. The zero-order chi connectivity index (χ0) is 14.0. The minimum Gasteiger partial charge on any atom is -0.345 e. The van der Waals surface area contributed by atoms with Crippen LogP contribution in [0.15, 0.2) is 30.3 Å². The molecule has 1 aromatic heterocycles. The van der Waals surface area contributed by atoms with Gasteiger partial charge in [-0.05, 0) is 50.1 Å². The Morgan fingerprint density at radius 2 is 2.00 bits per heavy atom. The summed E-state index contributed by atoms with van der Waals surface area (Å²) in [7, 11) is 0. The number of halogens is 1. The number of rotatable bonds is 3. The number of nitrogens with one attached hydrogen (secondary N) is 1. The molecule has 4 heteroatoms. The normalized spacial score (nSPS) is 12.2. The molecular weight excluding hydrogens is 278 g/mol. The van der Waals surface area contributed by atoms with Gasteiger partial charge in [0.1, 0.15) is 0 Å². The summed E-state index contributed by atoms with van der Waals surface area (Å²) in [5.74, 6) is -0.0433. The van der Waals surface area contributed by atoms with Gasteiger partial charge in [0, 0.05) is 10.4 Å². The minimum absolute atomic E-state index is 0.0371. The number of hydrogen-bond acceptors (Lipinski definition) is 2. The Hall–Kier alpha value is -1.32. The van der Waals surface area contributed by atoms with Gasteiger partial charge in [-0.2, -0.15) is 0 Å². The van der Waals surface area contributed by atoms with E-state index in [0.717, 1.165) is 25.9 Å². The molecule has 1 heterocycles. The summed E-state index contributed by atoms with van der Waals surface area (Å²) in [5, 5.41) is 3.01. The Bertz CT molecular complexity index is 606. The molecule has 0 aliphatic heterocycles. The van der Waals surface area contributed by atoms with E-state index in [1.165, 1.54) is 11.3 Å². The number of thiophene rings is 1. The van der Waals surface area contributed by atoms with Gasteiger partial charge in [-0.3, -0.25) is 4.79 Å². The molecule has 1 aromatic carbocycles. The van der Waals surface area contributed by atoms with E-state index in [1.54, 1.807) is 0 Å². The number of benzene rings is 1. The Labute approximate surface area is 122 Å². The highest BCUT2D eigenvalue weighted by Crippen LogP contribution is 2.27. The Kier molecular flexibility index (Phi) is 4.27. The van der Waals surface area contributed by atoms with Crippen LogP contribution < -0.4 is 5.32 Å². The van der Waals surface area contributed by atoms with E-state index in [0.29, 0.717) is 0 Å². The first-order valence-corrected chi connectivity index (χ1v) is 7.31. The minimum atomic E-state index is -0.0433. The van der Waals surface area contributed by atoms with Crippen LogP contribution in [0.25, 0.3) is 0 Å². The van der Waals surface area contributed by atoms with Gasteiger partial charge in [0.2, 0.25) is 0 Å². The molecule has 0 spiro atoms. The van der Waals surface area contributed by atoms with Crippen molar-refractivity contribution >= 4 is 28.8 Å². The molecular formula is C15H16ClNOS. The second kappa shape index (κ2) is 5.76. The molecule has 0 fully saturated rings. The Morgan fingerprint density at radius 3 is 2.63 bits per heavy atom. The monoisotopic (exact) mass is 293 g/mol. The number of aryl methyl sites for hydroxylation is 1. The van der Waals surface area contributed by atoms with Crippen LogP contribution in [0.4, 0.5) is 0 Å². The summed E-state index contributed by atoms with van der Waals surface area (Å²) in [5.41, 5.74) is 2.88. The molecule has 2 rings (SSSR count). The van der Waals surface area contributed by atoms with Gasteiger partial charge < -0.3 is 5.32 Å². The molecule has 100 valence electrons. The van der Waals surface area contributed by atoms with Crippen molar-refractivity contribution in [2.75, 3.05) is 0 Å². The van der Waals surface area contributed by atoms with Crippen molar-refractivity contribution in [3.05, 3.63) is 56.2 Å². The van der Waals surface area contributed by atoms with Gasteiger partial charge in [-0.1, -0.05) is 23.7 Å². The van der Waals surface area contributed by atoms with Crippen LogP contribution in [0.2, 0.25) is 4.34 Å². The van der Waals surface area contributed by atoms with Crippen LogP contribution in [0, 0.1) is 13.8 Å². The van der Waals surface area contributed by atoms with Crippen molar-refractivity contribution in [1.82, 2.24) is 5.32 Å². The van der Waals surface area contributed by atoms with E-state index in [4.69, 9.17) is 11.6 Å². The van der Waals surface area contributed by atoms with Crippen LogP contribution in [0.3, 0.4) is 0 Å². The molecule has 0 bridgehead atoms. The van der Waals surface area contributed by atoms with Crippen molar-refractivity contribution in [2.24, 2.45) is 0 Å². The smallest absolute Gasteiger partial charge is 0.252 e. The van der Waals surface area contributed by atoms with Gasteiger partial charge in [0.05, 0.1) is 10.4 Å². The molecule has 1 N–H and O–H groups in total. The second-order valence-corrected chi connectivity index (χ2v) is 6.33. The highest BCUT2D eigenvalue weighted by Gasteiger charge is 2.15. The van der Waals surface area contributed by atoms with E-state index in [-0.39, 0.29) is 11.9 Å². The number of carbonyl (C=O) groups is 1. The molecule has 0 aliphatic carbocycles. The SMILES string of the molecule is Cc1cccc(C(=O)N[C@H](C)c2ccc(Cl)s2)c1C. The molecule has 2 nitrogen and oxygen atoms in total. The first-order chi connectivity index (χ1) is 8.99. The fraction of sp³-hybridized carbons (Fsp3) is 0.267. The van der Waals surface area contributed by atoms with Crippen LogP contribution in [-0.2, 0) is 0 Å². The van der Waals surface area contributed by atoms with Crippen LogP contribution in [-0.4, -0.2) is 5.91 Å². The average molecular weight is 294 g/mol. The van der Waals surface area contributed by atoms with E-state index >= 15 is 0 Å². The summed E-state index contributed by atoms with van der Waals surface area (Å²) < 4.78 is 0.739. The van der Waals surface area contributed by atoms with Crippen molar-refractivity contribution in [3.63, 3.8) is 0 Å². The van der Waals surface area contributed by atoms with Gasteiger partial charge in [0.15, 0.2) is 0 Å². The fourth-order valence-corrected chi connectivity index (χ4v) is 2.97. The standard InChI is InChI=1S/C15H16ClNOS/c1-9-5-4-6-12(10(9)2)15(18)17-11(3)13-7-8-14(16)19-13/h4-8,11H,1-3H3,(H,17,18)/t11-/m1/s1. The lowest BCUT2D eigenvalue weighted by Crippen LogP contribution is -2.26. The maximum absolute atomic E-state index is 12.3. The molecule has 0 saturated carbocycles. The Balaban J connectivity index is 2.15. The number of hydrogen-bond donors (Lipinski definition) is 1. The number of carbonyl (C=O) groups excluding carboxylic acids is 1. The maximum Gasteiger partial charge on any atom is 0.252 e. The van der Waals surface area contributed by atoms with Crippen molar-refractivity contribution in [3.8, 4) is 0 Å². The maximum atomic E-state index is 12.3. The fourth-order valence-electron chi connectivity index (χ4n) is 1.90. The molecule has 1 atom stereocenters. The van der Waals surface area contributed by atoms with Gasteiger partial charge in [-0.15, -0.1) is 11.3 Å². The zero-order valence-corrected chi connectivity index (χ0v) is 12.7. The highest BCUT2D eigenvalue weighted by molar-refractivity contribution is 7.16. The highest BCUT2D eigenvalue weighted by atomic mass is 35.5. The third-order valence-electron chi connectivity index (χ3n) is 3.22. The zero-order valence-electron chi connectivity index (χ0n) is 11.2. The van der Waals surface area contributed by atoms with Gasteiger partial charge in [0.25, 0.3) is 5.91 Å². The summed E-state index contributed by atoms with van der Waals surface area (Å²) in [6.45, 7) is 5.94. The lowest BCUT2D eigenvalue weighted by atomic mass is 10.0. The van der Waals surface area contributed by atoms with Gasteiger partial charge >= 0.3 is 0 Å². The molecule has 2 aromatic rings. The molecule has 0 aliphatic rings. The van der Waals surface area contributed by atoms with Crippen LogP contribution in [0.5, 0.6) is 0 Å². The van der Waals surface area contributed by atoms with Crippen LogP contribution >= 0.6 is 22.9 Å². The quantitative estimate of drug-likeness (QED) is 0.886. The van der Waals surface area contributed by atoms with E-state index in [2.05, 4.69) is 5.32 Å². The summed E-state index contributed by atoms with van der Waals surface area (Å²) >= 11 is 7.40. The van der Waals surface area contributed by atoms with E-state index in [1.807, 2.05) is 51.1 Å². The van der Waals surface area contributed by atoms with Crippen molar-refractivity contribution in [2.45, 2.75) is 26.8 Å². The van der Waals surface area contributed by atoms with Crippen molar-refractivity contribution in [1.29, 1.82) is 0 Å². The Morgan fingerprint density at radius 1 is 1.26 bits per heavy atom. The molecule has 0 saturated heterocycles. The van der Waals surface area contributed by atoms with E-state index in [9.17, 15) is 4.79 Å². The molecule has 0 unspecified atom stereocenters. The predicted molar refractivity (Wildman–Crippen MR) is 81.1 cm³/mol. The van der Waals surface area contributed by atoms with Gasteiger partial charge in [-0.25, -0.2) is 0 Å². The van der Waals surface area contributed by atoms with Crippen LogP contribution in [0.1, 0.15) is 39.3 Å². The predicted octanol–water partition coefficient (Wildman–Crippen LogP) is 4.51. The lowest BCUT2D eigenvalue weighted by Gasteiger charge is -2.14. The largest absolute Gasteiger partial charge is 0.345 e. The summed E-state index contributed by atoms with van der Waals surface area (Å²) in [4.78, 5) is 13.3. The average Bonchev–Trinajstić information content (AvgIpc) is 2.79. The molecule has 19 heavy (non-hydrogen) atoms. The second-order valence-electron chi connectivity index (χ2n) is 4.58. The molecule has 0 radical (unpaired) electrons. The van der Waals surface area contributed by atoms with Crippen molar-refractivity contribution < 1.29 is 4.79 Å². The lowest BCUT2D eigenvalue weighted by molar-refractivity contribution is 0.0940. The number of amides is 1. The van der Waals surface area contributed by atoms with E-state index < -0.39 is 0 Å². The third-order valence-corrected chi connectivity index (χ3v) is 4.63. The third kappa shape index (κ3) is 3.17. The summed E-state index contributed by atoms with van der Waals surface area (Å²) in [6.07, 6.45) is 0. The topological polar surface area (TPSA) is 29.1 Å².